The molecular weight excluding hydrogens is 261 g/mol. The summed E-state index contributed by atoms with van der Waals surface area (Å²) in [6.07, 6.45) is 0. The number of carboxylic acid groups (broad SMARTS) is 1. The van der Waals surface area contributed by atoms with Crippen LogP contribution in [0.25, 0.3) is 0 Å². The number of halogens is 1. The number of aromatic nitrogens is 2. The second-order valence-corrected chi connectivity index (χ2v) is 4.44. The van der Waals surface area contributed by atoms with E-state index in [1.165, 1.54) is 18.2 Å². The van der Waals surface area contributed by atoms with Crippen LogP contribution >= 0.6 is 0 Å². The Morgan fingerprint density at radius 1 is 1.30 bits per heavy atom. The summed E-state index contributed by atoms with van der Waals surface area (Å²) in [5.41, 5.74) is 1.35. The van der Waals surface area contributed by atoms with Crippen LogP contribution in [0.1, 0.15) is 34.7 Å². The molecule has 0 aliphatic heterocycles. The maximum Gasteiger partial charge on any atom is 0.354 e. The van der Waals surface area contributed by atoms with Crippen molar-refractivity contribution in [3.8, 4) is 0 Å². The van der Waals surface area contributed by atoms with Crippen LogP contribution in [-0.4, -0.2) is 21.0 Å². The molecule has 0 spiro atoms. The maximum absolute atomic E-state index is 12.9. The largest absolute Gasteiger partial charge is 0.477 e. The van der Waals surface area contributed by atoms with Gasteiger partial charge in [0, 0.05) is 5.69 Å². The summed E-state index contributed by atoms with van der Waals surface area (Å²) < 4.78 is 12.9. The van der Waals surface area contributed by atoms with Crippen molar-refractivity contribution in [2.24, 2.45) is 0 Å². The first-order valence-electron chi connectivity index (χ1n) is 6.06. The molecule has 2 N–H and O–H groups in total. The Hall–Kier alpha value is -2.50. The maximum atomic E-state index is 12.9. The van der Waals surface area contributed by atoms with Gasteiger partial charge in [-0.15, -0.1) is 0 Å². The van der Waals surface area contributed by atoms with Gasteiger partial charge in [0.25, 0.3) is 0 Å². The lowest BCUT2D eigenvalue weighted by Crippen LogP contribution is -2.12. The molecule has 0 bridgehead atoms. The van der Waals surface area contributed by atoms with Gasteiger partial charge in [0.2, 0.25) is 5.95 Å². The normalized spacial score (nSPS) is 11.9. The third kappa shape index (κ3) is 3.28. The second-order valence-electron chi connectivity index (χ2n) is 4.44. The standard InChI is InChI=1S/C14H14FN3O2/c1-8-7-12(13(19)20)18-14(16-8)17-9(2)10-3-5-11(15)6-4-10/h3-7,9H,1-2H3,(H,19,20)(H,16,17,18). The Bertz CT molecular complexity index is 629. The van der Waals surface area contributed by atoms with Crippen molar-refractivity contribution in [3.05, 3.63) is 53.1 Å². The predicted octanol–water partition coefficient (Wildman–Crippen LogP) is 2.80. The van der Waals surface area contributed by atoms with Gasteiger partial charge in [0.1, 0.15) is 5.82 Å². The highest BCUT2D eigenvalue weighted by Gasteiger charge is 2.11. The lowest BCUT2D eigenvalue weighted by atomic mass is 10.1. The number of carbonyl (C=O) groups is 1. The van der Waals surface area contributed by atoms with Gasteiger partial charge in [0.15, 0.2) is 5.69 Å². The first-order valence-corrected chi connectivity index (χ1v) is 6.06. The summed E-state index contributed by atoms with van der Waals surface area (Å²) in [7, 11) is 0. The van der Waals surface area contributed by atoms with Crippen LogP contribution in [0.4, 0.5) is 10.3 Å². The molecule has 0 saturated carbocycles. The molecule has 1 heterocycles. The molecule has 0 aliphatic carbocycles. The zero-order chi connectivity index (χ0) is 14.7. The summed E-state index contributed by atoms with van der Waals surface area (Å²) in [6.45, 7) is 3.56. The van der Waals surface area contributed by atoms with Gasteiger partial charge in [-0.2, -0.15) is 0 Å². The summed E-state index contributed by atoms with van der Waals surface area (Å²) in [5.74, 6) is -1.17. The van der Waals surface area contributed by atoms with Crippen molar-refractivity contribution in [1.82, 2.24) is 9.97 Å². The molecule has 0 radical (unpaired) electrons. The summed E-state index contributed by atoms with van der Waals surface area (Å²) in [6, 6.07) is 7.28. The van der Waals surface area contributed by atoms with E-state index < -0.39 is 5.97 Å². The molecule has 1 atom stereocenters. The molecule has 1 unspecified atom stereocenters. The summed E-state index contributed by atoms with van der Waals surface area (Å²) in [4.78, 5) is 19.0. The third-order valence-corrected chi connectivity index (χ3v) is 2.79. The lowest BCUT2D eigenvalue weighted by molar-refractivity contribution is 0.0690. The highest BCUT2D eigenvalue weighted by Crippen LogP contribution is 2.17. The SMILES string of the molecule is Cc1cc(C(=O)O)nc(NC(C)c2ccc(F)cc2)n1. The number of nitrogens with zero attached hydrogens (tertiary/aromatic N) is 2. The topological polar surface area (TPSA) is 75.1 Å². The molecule has 104 valence electrons. The van der Waals surface area contributed by atoms with Crippen LogP contribution in [0.2, 0.25) is 0 Å². The molecule has 0 aliphatic rings. The minimum absolute atomic E-state index is 0.0636. The molecule has 0 amide bonds. The summed E-state index contributed by atoms with van der Waals surface area (Å²) >= 11 is 0. The lowest BCUT2D eigenvalue weighted by Gasteiger charge is -2.14. The molecule has 5 nitrogen and oxygen atoms in total. The number of aryl methyl sites for hydroxylation is 1. The zero-order valence-corrected chi connectivity index (χ0v) is 11.1. The Morgan fingerprint density at radius 2 is 1.95 bits per heavy atom. The fourth-order valence-electron chi connectivity index (χ4n) is 1.77. The van der Waals surface area contributed by atoms with E-state index in [-0.39, 0.29) is 23.5 Å². The van der Waals surface area contributed by atoms with Crippen LogP contribution in [-0.2, 0) is 0 Å². The Labute approximate surface area is 115 Å². The van der Waals surface area contributed by atoms with Gasteiger partial charge in [-0.05, 0) is 37.6 Å². The van der Waals surface area contributed by atoms with E-state index in [2.05, 4.69) is 15.3 Å². The van der Waals surface area contributed by atoms with E-state index >= 15 is 0 Å². The first-order chi connectivity index (χ1) is 9.45. The predicted molar refractivity (Wildman–Crippen MR) is 72.2 cm³/mol. The highest BCUT2D eigenvalue weighted by molar-refractivity contribution is 5.85. The Balaban J connectivity index is 2.21. The third-order valence-electron chi connectivity index (χ3n) is 2.79. The van der Waals surface area contributed by atoms with Gasteiger partial charge in [0.05, 0.1) is 6.04 Å². The fourth-order valence-corrected chi connectivity index (χ4v) is 1.77. The molecule has 20 heavy (non-hydrogen) atoms. The monoisotopic (exact) mass is 275 g/mol. The van der Waals surface area contributed by atoms with Crippen molar-refractivity contribution in [1.29, 1.82) is 0 Å². The smallest absolute Gasteiger partial charge is 0.354 e. The number of benzene rings is 1. The average Bonchev–Trinajstić information content (AvgIpc) is 2.38. The zero-order valence-electron chi connectivity index (χ0n) is 11.1. The molecular formula is C14H14FN3O2. The number of aromatic carboxylic acids is 1. The number of nitrogens with one attached hydrogen (secondary N) is 1. The average molecular weight is 275 g/mol. The number of rotatable bonds is 4. The first kappa shape index (κ1) is 13.9. The minimum atomic E-state index is -1.10. The quantitative estimate of drug-likeness (QED) is 0.897. The number of anilines is 1. The number of hydrogen-bond donors (Lipinski definition) is 2. The number of hydrogen-bond acceptors (Lipinski definition) is 4. The molecule has 0 saturated heterocycles. The summed E-state index contributed by atoms with van der Waals surface area (Å²) in [5, 5.41) is 12.0. The van der Waals surface area contributed by atoms with E-state index in [9.17, 15) is 9.18 Å². The van der Waals surface area contributed by atoms with E-state index in [1.54, 1.807) is 19.1 Å². The second kappa shape index (κ2) is 5.64. The van der Waals surface area contributed by atoms with Crippen molar-refractivity contribution in [2.45, 2.75) is 19.9 Å². The van der Waals surface area contributed by atoms with Gasteiger partial charge >= 0.3 is 5.97 Å². The molecule has 2 rings (SSSR count). The van der Waals surface area contributed by atoms with Crippen LogP contribution < -0.4 is 5.32 Å². The van der Waals surface area contributed by atoms with E-state index in [0.29, 0.717) is 5.69 Å². The number of carboxylic acids is 1. The van der Waals surface area contributed by atoms with E-state index in [0.717, 1.165) is 5.56 Å². The van der Waals surface area contributed by atoms with E-state index in [1.807, 2.05) is 6.92 Å². The molecule has 1 aromatic carbocycles. The molecule has 6 heteroatoms. The molecule has 1 aromatic heterocycles. The van der Waals surface area contributed by atoms with Crippen LogP contribution in [0.5, 0.6) is 0 Å². The molecule has 2 aromatic rings. The van der Waals surface area contributed by atoms with Crippen molar-refractivity contribution in [2.75, 3.05) is 5.32 Å². The Morgan fingerprint density at radius 3 is 2.55 bits per heavy atom. The molecule has 0 fully saturated rings. The fraction of sp³-hybridized carbons (Fsp3) is 0.214. The van der Waals surface area contributed by atoms with E-state index in [4.69, 9.17) is 5.11 Å². The highest BCUT2D eigenvalue weighted by atomic mass is 19.1. The van der Waals surface area contributed by atoms with Crippen molar-refractivity contribution < 1.29 is 14.3 Å². The van der Waals surface area contributed by atoms with Crippen molar-refractivity contribution >= 4 is 11.9 Å². The van der Waals surface area contributed by atoms with Crippen LogP contribution in [0.15, 0.2) is 30.3 Å². The van der Waals surface area contributed by atoms with Crippen molar-refractivity contribution in [3.63, 3.8) is 0 Å². The Kier molecular flexibility index (Phi) is 3.93. The minimum Gasteiger partial charge on any atom is -0.477 e. The van der Waals surface area contributed by atoms with Crippen LogP contribution in [0.3, 0.4) is 0 Å². The van der Waals surface area contributed by atoms with Gasteiger partial charge < -0.3 is 10.4 Å². The van der Waals surface area contributed by atoms with Gasteiger partial charge in [-0.3, -0.25) is 0 Å². The van der Waals surface area contributed by atoms with Crippen LogP contribution in [0, 0.1) is 12.7 Å². The van der Waals surface area contributed by atoms with Gasteiger partial charge in [-0.25, -0.2) is 19.2 Å². The van der Waals surface area contributed by atoms with Gasteiger partial charge in [-0.1, -0.05) is 12.1 Å².